The normalized spacial score (nSPS) is 23.8. The van der Waals surface area contributed by atoms with Gasteiger partial charge in [0.1, 0.15) is 5.82 Å². The molecule has 1 aliphatic rings. The molecule has 0 radical (unpaired) electrons. The molecule has 1 N–H and O–H groups in total. The molecule has 1 fully saturated rings. The van der Waals surface area contributed by atoms with Crippen molar-refractivity contribution < 1.29 is 12.8 Å². The second kappa shape index (κ2) is 6.54. The first-order valence-electron chi connectivity index (χ1n) is 6.83. The van der Waals surface area contributed by atoms with Crippen LogP contribution in [0.2, 0.25) is 0 Å². The van der Waals surface area contributed by atoms with Crippen LogP contribution in [-0.2, 0) is 10.0 Å². The van der Waals surface area contributed by atoms with Crippen LogP contribution in [0.25, 0.3) is 0 Å². The van der Waals surface area contributed by atoms with Crippen molar-refractivity contribution in [1.82, 2.24) is 4.72 Å². The van der Waals surface area contributed by atoms with Crippen LogP contribution in [0, 0.1) is 17.7 Å². The van der Waals surface area contributed by atoms with E-state index in [1.54, 1.807) is 0 Å². The number of nitrogens with one attached hydrogen (secondary N) is 1. The monoisotopic (exact) mass is 363 g/mol. The van der Waals surface area contributed by atoms with E-state index in [9.17, 15) is 12.8 Å². The van der Waals surface area contributed by atoms with Gasteiger partial charge in [-0.05, 0) is 58.8 Å². The van der Waals surface area contributed by atoms with Crippen LogP contribution in [0.15, 0.2) is 27.6 Å². The molecule has 1 saturated carbocycles. The van der Waals surface area contributed by atoms with Gasteiger partial charge < -0.3 is 0 Å². The number of hydrogen-bond donors (Lipinski definition) is 1. The molecule has 1 aromatic rings. The van der Waals surface area contributed by atoms with Crippen molar-refractivity contribution in [1.29, 1.82) is 0 Å². The lowest BCUT2D eigenvalue weighted by atomic mass is 9.83. The molecule has 3 nitrogen and oxygen atoms in total. The first kappa shape index (κ1) is 15.9. The average Bonchev–Trinajstić information content (AvgIpc) is 2.37. The Bertz CT molecular complexity index is 569. The van der Waals surface area contributed by atoms with Gasteiger partial charge in [0.2, 0.25) is 10.0 Å². The maximum atomic E-state index is 13.0. The van der Waals surface area contributed by atoms with Gasteiger partial charge in [-0.15, -0.1) is 0 Å². The van der Waals surface area contributed by atoms with E-state index in [1.807, 2.05) is 0 Å². The number of sulfonamides is 1. The molecule has 6 heteroatoms. The first-order chi connectivity index (χ1) is 9.38. The zero-order valence-corrected chi connectivity index (χ0v) is 13.8. The van der Waals surface area contributed by atoms with Crippen molar-refractivity contribution >= 4 is 26.0 Å². The third kappa shape index (κ3) is 4.02. The van der Waals surface area contributed by atoms with Gasteiger partial charge in [0.05, 0.1) is 4.90 Å². The van der Waals surface area contributed by atoms with E-state index < -0.39 is 15.8 Å². The van der Waals surface area contributed by atoms with Crippen LogP contribution < -0.4 is 4.72 Å². The molecule has 0 unspecified atom stereocenters. The van der Waals surface area contributed by atoms with Crippen molar-refractivity contribution in [3.63, 3.8) is 0 Å². The summed E-state index contributed by atoms with van der Waals surface area (Å²) in [7, 11) is -3.58. The first-order valence-corrected chi connectivity index (χ1v) is 9.11. The van der Waals surface area contributed by atoms with E-state index in [-0.39, 0.29) is 9.37 Å². The van der Waals surface area contributed by atoms with Crippen LogP contribution in [0.1, 0.15) is 32.6 Å². The summed E-state index contributed by atoms with van der Waals surface area (Å²) in [5.41, 5.74) is 0. The predicted molar refractivity (Wildman–Crippen MR) is 80.4 cm³/mol. The van der Waals surface area contributed by atoms with Crippen molar-refractivity contribution in [3.8, 4) is 0 Å². The Kier molecular flexibility index (Phi) is 5.20. The highest BCUT2D eigenvalue weighted by atomic mass is 79.9. The Balaban J connectivity index is 2.00. The lowest BCUT2D eigenvalue weighted by Gasteiger charge is -2.26. The van der Waals surface area contributed by atoms with E-state index in [1.165, 1.54) is 6.07 Å². The van der Waals surface area contributed by atoms with Gasteiger partial charge >= 0.3 is 0 Å². The van der Waals surface area contributed by atoms with Gasteiger partial charge in [-0.25, -0.2) is 17.5 Å². The van der Waals surface area contributed by atoms with Crippen LogP contribution in [0.4, 0.5) is 4.39 Å². The Morgan fingerprint density at radius 3 is 2.55 bits per heavy atom. The molecule has 1 aliphatic carbocycles. The summed E-state index contributed by atoms with van der Waals surface area (Å²) in [5.74, 6) is 0.686. The molecule has 0 atom stereocenters. The zero-order valence-electron chi connectivity index (χ0n) is 11.4. The van der Waals surface area contributed by atoms with Gasteiger partial charge in [0.25, 0.3) is 0 Å². The fraction of sp³-hybridized carbons (Fsp3) is 0.571. The third-order valence-corrected chi connectivity index (χ3v) is 6.28. The van der Waals surface area contributed by atoms with E-state index in [4.69, 9.17) is 0 Å². The predicted octanol–water partition coefficient (Wildman–Crippen LogP) is 3.69. The second-order valence-electron chi connectivity index (χ2n) is 5.55. The Labute approximate surface area is 128 Å². The summed E-state index contributed by atoms with van der Waals surface area (Å²) in [6.45, 7) is 2.69. The van der Waals surface area contributed by atoms with Crippen LogP contribution in [0.5, 0.6) is 0 Å². The Morgan fingerprint density at radius 1 is 1.30 bits per heavy atom. The van der Waals surface area contributed by atoms with E-state index >= 15 is 0 Å². The fourth-order valence-corrected chi connectivity index (χ4v) is 4.70. The molecule has 0 amide bonds. The Morgan fingerprint density at radius 2 is 1.95 bits per heavy atom. The maximum Gasteiger partial charge on any atom is 0.241 e. The zero-order chi connectivity index (χ0) is 14.8. The maximum absolute atomic E-state index is 13.0. The number of halogens is 2. The molecule has 0 saturated heterocycles. The minimum absolute atomic E-state index is 0.0862. The standard InChI is InChI=1S/C14H19BrFNO2S/c1-10-2-4-11(5-3-10)9-17-20(18,19)14-7-6-12(16)8-13(14)15/h6-8,10-11,17H,2-5,9H2,1H3. The van der Waals surface area contributed by atoms with Gasteiger partial charge in [0, 0.05) is 11.0 Å². The molecule has 0 bridgehead atoms. The highest BCUT2D eigenvalue weighted by Crippen LogP contribution is 2.28. The molecular formula is C14H19BrFNO2S. The summed E-state index contributed by atoms with van der Waals surface area (Å²) < 4.78 is 40.3. The van der Waals surface area contributed by atoms with Crippen LogP contribution in [-0.4, -0.2) is 15.0 Å². The smallest absolute Gasteiger partial charge is 0.211 e. The van der Waals surface area contributed by atoms with Crippen molar-refractivity contribution in [2.45, 2.75) is 37.5 Å². The molecule has 20 heavy (non-hydrogen) atoms. The van der Waals surface area contributed by atoms with E-state index in [0.29, 0.717) is 12.5 Å². The molecule has 2 rings (SSSR count). The molecule has 112 valence electrons. The van der Waals surface area contributed by atoms with Crippen molar-refractivity contribution in [2.24, 2.45) is 11.8 Å². The van der Waals surface area contributed by atoms with Gasteiger partial charge in [-0.2, -0.15) is 0 Å². The second-order valence-corrected chi connectivity index (χ2v) is 8.14. The molecule has 0 aromatic heterocycles. The SMILES string of the molecule is CC1CCC(CNS(=O)(=O)c2ccc(F)cc2Br)CC1. The average molecular weight is 364 g/mol. The summed E-state index contributed by atoms with van der Waals surface area (Å²) in [5, 5.41) is 0. The lowest BCUT2D eigenvalue weighted by molar-refractivity contribution is 0.290. The minimum Gasteiger partial charge on any atom is -0.211 e. The Hall–Kier alpha value is -0.460. The summed E-state index contributed by atoms with van der Waals surface area (Å²) in [4.78, 5) is 0.0862. The van der Waals surface area contributed by atoms with Gasteiger partial charge in [0.15, 0.2) is 0 Å². The minimum atomic E-state index is -3.58. The van der Waals surface area contributed by atoms with Crippen molar-refractivity contribution in [3.05, 3.63) is 28.5 Å². The van der Waals surface area contributed by atoms with Gasteiger partial charge in [-0.3, -0.25) is 0 Å². The largest absolute Gasteiger partial charge is 0.241 e. The topological polar surface area (TPSA) is 46.2 Å². The number of rotatable bonds is 4. The molecule has 0 heterocycles. The number of benzene rings is 1. The number of hydrogen-bond acceptors (Lipinski definition) is 2. The summed E-state index contributed by atoms with van der Waals surface area (Å²) in [6.07, 6.45) is 4.45. The van der Waals surface area contributed by atoms with E-state index in [2.05, 4.69) is 27.6 Å². The van der Waals surface area contributed by atoms with Crippen molar-refractivity contribution in [2.75, 3.05) is 6.54 Å². The highest BCUT2D eigenvalue weighted by molar-refractivity contribution is 9.10. The molecule has 0 aliphatic heterocycles. The van der Waals surface area contributed by atoms with Gasteiger partial charge in [-0.1, -0.05) is 19.8 Å². The van der Waals surface area contributed by atoms with Crippen LogP contribution in [0.3, 0.4) is 0 Å². The summed E-state index contributed by atoms with van der Waals surface area (Å²) in [6, 6.07) is 3.60. The third-order valence-electron chi connectivity index (χ3n) is 3.88. The molecule has 0 spiro atoms. The fourth-order valence-electron chi connectivity index (χ4n) is 2.53. The molecular weight excluding hydrogens is 345 g/mol. The van der Waals surface area contributed by atoms with E-state index in [0.717, 1.165) is 43.7 Å². The highest BCUT2D eigenvalue weighted by Gasteiger charge is 2.22. The quantitative estimate of drug-likeness (QED) is 0.886. The lowest BCUT2D eigenvalue weighted by Crippen LogP contribution is -2.31. The molecule has 1 aromatic carbocycles. The van der Waals surface area contributed by atoms with Crippen LogP contribution >= 0.6 is 15.9 Å². The summed E-state index contributed by atoms with van der Waals surface area (Å²) >= 11 is 3.10.